The van der Waals surface area contributed by atoms with E-state index >= 15 is 0 Å². The van der Waals surface area contributed by atoms with Gasteiger partial charge >= 0.3 is 6.36 Å². The molecule has 0 saturated carbocycles. The molecule has 0 atom stereocenters. The second-order valence-corrected chi connectivity index (χ2v) is 11.7. The summed E-state index contributed by atoms with van der Waals surface area (Å²) in [5.74, 6) is 0.911. The molecule has 1 aliphatic heterocycles. The van der Waals surface area contributed by atoms with Gasteiger partial charge in [0, 0.05) is 83.6 Å². The van der Waals surface area contributed by atoms with Crippen LogP contribution < -0.4 is 4.74 Å². The lowest BCUT2D eigenvalue weighted by atomic mass is 9.93. The number of alkyl halides is 3. The van der Waals surface area contributed by atoms with Crippen molar-refractivity contribution in [1.29, 1.82) is 0 Å². The van der Waals surface area contributed by atoms with E-state index in [0.717, 1.165) is 48.2 Å². The van der Waals surface area contributed by atoms with Crippen LogP contribution in [0.25, 0.3) is 28.0 Å². The molecule has 4 aromatic rings. The Morgan fingerprint density at radius 1 is 1.05 bits per heavy atom. The molecule has 0 spiro atoms. The van der Waals surface area contributed by atoms with Crippen molar-refractivity contribution in [3.8, 4) is 22.8 Å². The molecule has 8 nitrogen and oxygen atoms in total. The Labute approximate surface area is 220 Å². The quantitative estimate of drug-likeness (QED) is 0.340. The highest BCUT2D eigenvalue weighted by Crippen LogP contribution is 2.31. The molecule has 202 valence electrons. The van der Waals surface area contributed by atoms with Gasteiger partial charge in [-0.1, -0.05) is 0 Å². The Morgan fingerprint density at radius 2 is 1.82 bits per heavy atom. The monoisotopic (exact) mass is 546 g/mol. The summed E-state index contributed by atoms with van der Waals surface area (Å²) < 4.78 is 56.9. The zero-order valence-electron chi connectivity index (χ0n) is 21.4. The average Bonchev–Trinajstić information content (AvgIpc) is 3.45. The molecule has 1 aliphatic rings. The van der Waals surface area contributed by atoms with Gasteiger partial charge in [-0.2, -0.15) is 5.10 Å². The second-order valence-electron chi connectivity index (χ2n) is 10.0. The van der Waals surface area contributed by atoms with Crippen LogP contribution in [0, 0.1) is 0 Å². The van der Waals surface area contributed by atoms with E-state index in [1.54, 1.807) is 10.9 Å². The maximum atomic E-state index is 12.5. The normalized spacial score (nSPS) is 15.8. The summed E-state index contributed by atoms with van der Waals surface area (Å²) in [6, 6.07) is 6.54. The lowest BCUT2D eigenvalue weighted by molar-refractivity contribution is -0.276. The Kier molecular flexibility index (Phi) is 7.03. The summed E-state index contributed by atoms with van der Waals surface area (Å²) in [4.78, 5) is 11.1. The summed E-state index contributed by atoms with van der Waals surface area (Å²) in [6.07, 6.45) is 4.01. The van der Waals surface area contributed by atoms with Crippen LogP contribution in [-0.4, -0.2) is 69.9 Å². The lowest BCUT2D eigenvalue weighted by Gasteiger charge is -2.40. The zero-order valence-corrected chi connectivity index (χ0v) is 22.2. The van der Waals surface area contributed by atoms with Gasteiger partial charge in [0.15, 0.2) is 0 Å². The van der Waals surface area contributed by atoms with Crippen LogP contribution in [0.4, 0.5) is 13.2 Å². The maximum Gasteiger partial charge on any atom is 0.574 e. The van der Waals surface area contributed by atoms with Gasteiger partial charge in [-0.25, -0.2) is 9.97 Å². The minimum atomic E-state index is -4.80. The zero-order chi connectivity index (χ0) is 27.1. The van der Waals surface area contributed by atoms with Crippen molar-refractivity contribution in [3.63, 3.8) is 0 Å². The van der Waals surface area contributed by atoms with Crippen molar-refractivity contribution in [2.24, 2.45) is 7.05 Å². The predicted molar refractivity (Wildman–Crippen MR) is 140 cm³/mol. The molecule has 0 N–H and O–H groups in total. The van der Waals surface area contributed by atoms with Crippen molar-refractivity contribution in [2.45, 2.75) is 38.6 Å². The average molecular weight is 547 g/mol. The third-order valence-electron chi connectivity index (χ3n) is 7.00. The van der Waals surface area contributed by atoms with E-state index in [0.29, 0.717) is 22.8 Å². The van der Waals surface area contributed by atoms with Crippen LogP contribution in [0.2, 0.25) is 0 Å². The van der Waals surface area contributed by atoms with Crippen molar-refractivity contribution in [3.05, 3.63) is 54.6 Å². The summed E-state index contributed by atoms with van der Waals surface area (Å²) >= 11 is 0. The molecule has 0 amide bonds. The highest BCUT2D eigenvalue weighted by Gasteiger charge is 2.32. The van der Waals surface area contributed by atoms with Gasteiger partial charge in [-0.05, 0) is 50.5 Å². The lowest BCUT2D eigenvalue weighted by Crippen LogP contribution is -2.50. The molecule has 1 saturated heterocycles. The van der Waals surface area contributed by atoms with Gasteiger partial charge in [0.05, 0.1) is 17.6 Å². The number of halogens is 3. The first-order valence-electron chi connectivity index (χ1n) is 12.3. The van der Waals surface area contributed by atoms with Crippen LogP contribution in [-0.2, 0) is 24.3 Å². The van der Waals surface area contributed by atoms with Gasteiger partial charge < -0.3 is 4.74 Å². The molecule has 1 fully saturated rings. The number of aromatic nitrogens is 5. The standard InChI is InChI=1S/C26H29F3N6O2S/c1-25(2,34-10-12-38(36)13-11-34)9-8-19-16-35(20-15-31-33(3)17-20)24-21(19)5-6-22(32-24)18-4-7-23(30-14-18)37-26(27,28)29/h4-7,14-17H,8-13H2,1-3H3. The predicted octanol–water partition coefficient (Wildman–Crippen LogP) is 4.50. The molecular weight excluding hydrogens is 517 g/mol. The Hall–Kier alpha value is -3.25. The highest BCUT2D eigenvalue weighted by molar-refractivity contribution is 7.85. The molecule has 0 unspecified atom stereocenters. The first-order chi connectivity index (χ1) is 18.0. The topological polar surface area (TPSA) is 78.1 Å². The number of fused-ring (bicyclic) bond motifs is 1. The molecule has 0 bridgehead atoms. The SMILES string of the molecule is Cn1cc(-n2cc(CCC(C)(C)N3CCS(=O)CC3)c3ccc(-c4ccc(OC(F)(F)F)nc4)nc32)cn1. The second kappa shape index (κ2) is 10.1. The van der Waals surface area contributed by atoms with Gasteiger partial charge in [0.25, 0.3) is 0 Å². The van der Waals surface area contributed by atoms with Crippen LogP contribution in [0.3, 0.4) is 0 Å². The number of rotatable bonds is 7. The van der Waals surface area contributed by atoms with E-state index in [1.807, 2.05) is 29.9 Å². The third-order valence-corrected chi connectivity index (χ3v) is 8.27. The summed E-state index contributed by atoms with van der Waals surface area (Å²) in [5.41, 5.74) is 3.84. The van der Waals surface area contributed by atoms with E-state index in [-0.39, 0.29) is 5.54 Å². The van der Waals surface area contributed by atoms with Crippen molar-refractivity contribution >= 4 is 21.8 Å². The molecular formula is C26H29F3N6O2S. The van der Waals surface area contributed by atoms with Crippen molar-refractivity contribution in [2.75, 3.05) is 24.6 Å². The molecule has 12 heteroatoms. The summed E-state index contributed by atoms with van der Waals surface area (Å²) in [5, 5.41) is 5.30. The number of ether oxygens (including phenoxy) is 1. The minimum absolute atomic E-state index is 0.0490. The molecule has 4 aromatic heterocycles. The molecule has 5 heterocycles. The fourth-order valence-electron chi connectivity index (χ4n) is 4.81. The van der Waals surface area contributed by atoms with Gasteiger partial charge in [-0.15, -0.1) is 13.2 Å². The van der Waals surface area contributed by atoms with E-state index < -0.39 is 23.0 Å². The van der Waals surface area contributed by atoms with Crippen LogP contribution in [0.5, 0.6) is 5.88 Å². The Balaban J connectivity index is 1.46. The van der Waals surface area contributed by atoms with Crippen LogP contribution in [0.1, 0.15) is 25.8 Å². The van der Waals surface area contributed by atoms with Crippen LogP contribution in [0.15, 0.2) is 49.1 Å². The first kappa shape index (κ1) is 26.4. The van der Waals surface area contributed by atoms with E-state index in [2.05, 4.69) is 39.8 Å². The molecule has 5 rings (SSSR count). The summed E-state index contributed by atoms with van der Waals surface area (Å²) in [7, 11) is 1.13. The van der Waals surface area contributed by atoms with Gasteiger partial charge in [-0.3, -0.25) is 18.4 Å². The highest BCUT2D eigenvalue weighted by atomic mass is 32.2. The maximum absolute atomic E-state index is 12.5. The first-order valence-corrected chi connectivity index (χ1v) is 13.8. The Morgan fingerprint density at radius 3 is 2.45 bits per heavy atom. The fraction of sp³-hybridized carbons (Fsp3) is 0.423. The largest absolute Gasteiger partial charge is 0.574 e. The molecule has 0 aliphatic carbocycles. The van der Waals surface area contributed by atoms with E-state index in [1.165, 1.54) is 18.3 Å². The minimum Gasteiger partial charge on any atom is -0.388 e. The molecule has 0 radical (unpaired) electrons. The van der Waals surface area contributed by atoms with Crippen molar-refractivity contribution < 1.29 is 22.1 Å². The summed E-state index contributed by atoms with van der Waals surface area (Å²) in [6.45, 7) is 6.14. The number of aryl methyl sites for hydroxylation is 2. The van der Waals surface area contributed by atoms with Crippen LogP contribution >= 0.6 is 0 Å². The third kappa shape index (κ3) is 5.75. The van der Waals surface area contributed by atoms with E-state index in [9.17, 15) is 17.4 Å². The van der Waals surface area contributed by atoms with Crippen molar-refractivity contribution in [1.82, 2.24) is 29.2 Å². The van der Waals surface area contributed by atoms with Gasteiger partial charge in [0.2, 0.25) is 5.88 Å². The smallest absolute Gasteiger partial charge is 0.388 e. The molecule has 38 heavy (non-hydrogen) atoms. The number of hydrogen-bond donors (Lipinski definition) is 0. The Bertz CT molecular complexity index is 1450. The fourth-order valence-corrected chi connectivity index (χ4v) is 5.86. The number of nitrogens with zero attached hydrogens (tertiary/aromatic N) is 6. The number of hydrogen-bond acceptors (Lipinski definition) is 6. The van der Waals surface area contributed by atoms with Gasteiger partial charge in [0.1, 0.15) is 5.65 Å². The number of pyridine rings is 2. The van der Waals surface area contributed by atoms with E-state index in [4.69, 9.17) is 4.98 Å². The molecule has 0 aromatic carbocycles.